The first kappa shape index (κ1) is 13.5. The monoisotopic (exact) mass is 321 g/mol. The Morgan fingerprint density at radius 3 is 2.53 bits per heavy atom. The summed E-state index contributed by atoms with van der Waals surface area (Å²) in [5.74, 6) is -0.454. The van der Waals surface area contributed by atoms with Crippen molar-refractivity contribution in [3.8, 4) is 0 Å². The maximum absolute atomic E-state index is 11.8. The molecular formula is C14H12BrNO3. The van der Waals surface area contributed by atoms with E-state index < -0.39 is 5.97 Å². The van der Waals surface area contributed by atoms with E-state index in [4.69, 9.17) is 0 Å². The number of pyridine rings is 1. The average molecular weight is 322 g/mol. The summed E-state index contributed by atoms with van der Waals surface area (Å²) in [5, 5.41) is 0. The Morgan fingerprint density at radius 2 is 1.89 bits per heavy atom. The zero-order valence-corrected chi connectivity index (χ0v) is 11.9. The molecule has 0 aliphatic rings. The molecule has 0 atom stereocenters. The Bertz CT molecular complexity index is 646. The van der Waals surface area contributed by atoms with E-state index in [1.807, 2.05) is 24.3 Å². The van der Waals surface area contributed by atoms with Crippen LogP contribution in [0.1, 0.15) is 15.9 Å². The molecule has 0 aliphatic heterocycles. The van der Waals surface area contributed by atoms with E-state index in [1.54, 1.807) is 0 Å². The van der Waals surface area contributed by atoms with Crippen molar-refractivity contribution in [3.05, 3.63) is 68.5 Å². The van der Waals surface area contributed by atoms with Gasteiger partial charge in [-0.3, -0.25) is 4.79 Å². The molecule has 5 heteroatoms. The second-order valence-electron chi connectivity index (χ2n) is 4.00. The van der Waals surface area contributed by atoms with Crippen molar-refractivity contribution in [2.75, 3.05) is 7.11 Å². The predicted octanol–water partition coefficient (Wildman–Crippen LogP) is 2.45. The lowest BCUT2D eigenvalue weighted by Gasteiger charge is -2.07. The van der Waals surface area contributed by atoms with Crippen LogP contribution in [0.5, 0.6) is 0 Å². The zero-order chi connectivity index (χ0) is 13.8. The highest BCUT2D eigenvalue weighted by atomic mass is 79.9. The molecule has 0 fully saturated rings. The van der Waals surface area contributed by atoms with Crippen LogP contribution < -0.4 is 5.56 Å². The molecule has 0 radical (unpaired) electrons. The lowest BCUT2D eigenvalue weighted by atomic mass is 10.2. The summed E-state index contributed by atoms with van der Waals surface area (Å²) in [5.41, 5.74) is 1.18. The van der Waals surface area contributed by atoms with Crippen LogP contribution in [0.15, 0.2) is 51.9 Å². The van der Waals surface area contributed by atoms with Crippen LogP contribution in [0.25, 0.3) is 0 Å². The van der Waals surface area contributed by atoms with Gasteiger partial charge in [0.2, 0.25) is 0 Å². The molecule has 0 saturated carbocycles. The van der Waals surface area contributed by atoms with E-state index in [0.717, 1.165) is 10.0 Å². The molecule has 0 amide bonds. The van der Waals surface area contributed by atoms with Crippen LogP contribution >= 0.6 is 15.9 Å². The summed E-state index contributed by atoms with van der Waals surface area (Å²) in [6.45, 7) is 0.414. The molecule has 2 rings (SSSR count). The molecule has 19 heavy (non-hydrogen) atoms. The summed E-state index contributed by atoms with van der Waals surface area (Å²) in [7, 11) is 1.31. The number of hydrogen-bond donors (Lipinski definition) is 0. The number of rotatable bonds is 3. The summed E-state index contributed by atoms with van der Waals surface area (Å²) < 4.78 is 7.10. The molecule has 98 valence electrons. The van der Waals surface area contributed by atoms with Crippen LogP contribution in [0.4, 0.5) is 0 Å². The van der Waals surface area contributed by atoms with Gasteiger partial charge in [0.1, 0.15) is 0 Å². The van der Waals surface area contributed by atoms with Gasteiger partial charge in [-0.05, 0) is 23.8 Å². The minimum atomic E-state index is -0.454. The summed E-state index contributed by atoms with van der Waals surface area (Å²) in [6, 6.07) is 10.5. The van der Waals surface area contributed by atoms with Crippen LogP contribution in [0.2, 0.25) is 0 Å². The SMILES string of the molecule is COC(=O)c1ccc(=O)n(Cc2ccc(Br)cc2)c1. The van der Waals surface area contributed by atoms with Crippen LogP contribution in [0.3, 0.4) is 0 Å². The number of benzene rings is 1. The molecule has 1 aromatic carbocycles. The van der Waals surface area contributed by atoms with E-state index in [0.29, 0.717) is 12.1 Å². The van der Waals surface area contributed by atoms with E-state index in [9.17, 15) is 9.59 Å². The van der Waals surface area contributed by atoms with Crippen molar-refractivity contribution in [2.45, 2.75) is 6.54 Å². The number of esters is 1. The Kier molecular flexibility index (Phi) is 4.16. The van der Waals surface area contributed by atoms with Gasteiger partial charge in [-0.15, -0.1) is 0 Å². The van der Waals surface area contributed by atoms with Gasteiger partial charge >= 0.3 is 5.97 Å². The number of halogens is 1. The highest BCUT2D eigenvalue weighted by molar-refractivity contribution is 9.10. The van der Waals surface area contributed by atoms with Crippen molar-refractivity contribution in [3.63, 3.8) is 0 Å². The van der Waals surface area contributed by atoms with E-state index >= 15 is 0 Å². The lowest BCUT2D eigenvalue weighted by Crippen LogP contribution is -2.21. The molecule has 2 aromatic rings. The highest BCUT2D eigenvalue weighted by Crippen LogP contribution is 2.11. The van der Waals surface area contributed by atoms with Gasteiger partial charge in [-0.1, -0.05) is 28.1 Å². The molecule has 0 aliphatic carbocycles. The van der Waals surface area contributed by atoms with Gasteiger partial charge in [0, 0.05) is 16.7 Å². The van der Waals surface area contributed by atoms with E-state index in [-0.39, 0.29) is 5.56 Å². The molecule has 1 heterocycles. The number of methoxy groups -OCH3 is 1. The van der Waals surface area contributed by atoms with Crippen LogP contribution in [0, 0.1) is 0 Å². The van der Waals surface area contributed by atoms with Gasteiger partial charge in [-0.25, -0.2) is 4.79 Å². The van der Waals surface area contributed by atoms with Crippen molar-refractivity contribution in [1.29, 1.82) is 0 Å². The van der Waals surface area contributed by atoms with Crippen molar-refractivity contribution in [1.82, 2.24) is 4.57 Å². The first-order valence-corrected chi connectivity index (χ1v) is 6.42. The summed E-state index contributed by atoms with van der Waals surface area (Å²) in [6.07, 6.45) is 1.51. The lowest BCUT2D eigenvalue weighted by molar-refractivity contribution is 0.0599. The van der Waals surface area contributed by atoms with Crippen LogP contribution in [-0.2, 0) is 11.3 Å². The van der Waals surface area contributed by atoms with Crippen molar-refractivity contribution >= 4 is 21.9 Å². The third-order valence-corrected chi connectivity index (χ3v) is 3.20. The number of aromatic nitrogens is 1. The van der Waals surface area contributed by atoms with Gasteiger partial charge in [0.05, 0.1) is 19.2 Å². The van der Waals surface area contributed by atoms with Gasteiger partial charge < -0.3 is 9.30 Å². The molecular weight excluding hydrogens is 310 g/mol. The largest absolute Gasteiger partial charge is 0.465 e. The molecule has 4 nitrogen and oxygen atoms in total. The topological polar surface area (TPSA) is 48.3 Å². The first-order valence-electron chi connectivity index (χ1n) is 5.63. The number of ether oxygens (including phenoxy) is 1. The number of nitrogens with zero attached hydrogens (tertiary/aromatic N) is 1. The molecule has 0 bridgehead atoms. The highest BCUT2D eigenvalue weighted by Gasteiger charge is 2.07. The maximum atomic E-state index is 11.8. The molecule has 0 unspecified atom stereocenters. The minimum Gasteiger partial charge on any atom is -0.465 e. The number of hydrogen-bond acceptors (Lipinski definition) is 3. The average Bonchev–Trinajstić information content (AvgIpc) is 2.43. The molecule has 1 aromatic heterocycles. The van der Waals surface area contributed by atoms with E-state index in [2.05, 4.69) is 20.7 Å². The molecule has 0 spiro atoms. The van der Waals surface area contributed by atoms with Crippen molar-refractivity contribution < 1.29 is 9.53 Å². The second-order valence-corrected chi connectivity index (χ2v) is 4.92. The van der Waals surface area contributed by atoms with E-state index in [1.165, 1.54) is 30.0 Å². The van der Waals surface area contributed by atoms with Crippen LogP contribution in [-0.4, -0.2) is 17.6 Å². The maximum Gasteiger partial charge on any atom is 0.339 e. The first-order chi connectivity index (χ1) is 9.10. The van der Waals surface area contributed by atoms with Crippen molar-refractivity contribution in [2.24, 2.45) is 0 Å². The zero-order valence-electron chi connectivity index (χ0n) is 10.3. The Hall–Kier alpha value is -1.88. The second kappa shape index (κ2) is 5.84. The third-order valence-electron chi connectivity index (χ3n) is 2.67. The fourth-order valence-corrected chi connectivity index (χ4v) is 1.94. The predicted molar refractivity (Wildman–Crippen MR) is 75.3 cm³/mol. The fraction of sp³-hybridized carbons (Fsp3) is 0.143. The normalized spacial score (nSPS) is 10.2. The number of carbonyl (C=O) groups excluding carboxylic acids is 1. The summed E-state index contributed by atoms with van der Waals surface area (Å²) >= 11 is 3.36. The fourth-order valence-electron chi connectivity index (χ4n) is 1.68. The molecule has 0 N–H and O–H groups in total. The van der Waals surface area contributed by atoms with Gasteiger partial charge in [0.15, 0.2) is 0 Å². The Labute approximate surface area is 118 Å². The van der Waals surface area contributed by atoms with Gasteiger partial charge in [0.25, 0.3) is 5.56 Å². The summed E-state index contributed by atoms with van der Waals surface area (Å²) in [4.78, 5) is 23.2. The Morgan fingerprint density at radius 1 is 1.21 bits per heavy atom. The quantitative estimate of drug-likeness (QED) is 0.816. The van der Waals surface area contributed by atoms with Gasteiger partial charge in [-0.2, -0.15) is 0 Å². The smallest absolute Gasteiger partial charge is 0.339 e. The Balaban J connectivity index is 2.31. The minimum absolute atomic E-state index is 0.157. The standard InChI is InChI=1S/C14H12BrNO3/c1-19-14(18)11-4-7-13(17)16(9-11)8-10-2-5-12(15)6-3-10/h2-7,9H,8H2,1H3. The third kappa shape index (κ3) is 3.32. The number of carbonyl (C=O) groups is 1. The molecule has 0 saturated heterocycles.